The molecule has 1 unspecified atom stereocenters. The van der Waals surface area contributed by atoms with Crippen LogP contribution < -0.4 is 31.9 Å². The van der Waals surface area contributed by atoms with Crippen molar-refractivity contribution in [3.63, 3.8) is 0 Å². The Balaban J connectivity index is 0.000000152. The molecular weight excluding hydrogens is 1260 g/mol. The molecular formula is C75H84N12O12. The summed E-state index contributed by atoms with van der Waals surface area (Å²) in [5.41, 5.74) is 8.35. The van der Waals surface area contributed by atoms with Gasteiger partial charge in [0.1, 0.15) is 18.1 Å². The van der Waals surface area contributed by atoms with E-state index in [4.69, 9.17) is 38.9 Å². The molecule has 0 aliphatic carbocycles. The number of nitrogens with one attached hydrogen (secondary N) is 6. The predicted octanol–water partition coefficient (Wildman–Crippen LogP) is 5.68. The molecule has 0 spiro atoms. The van der Waals surface area contributed by atoms with Crippen LogP contribution in [0.2, 0.25) is 0 Å². The van der Waals surface area contributed by atoms with E-state index in [0.29, 0.717) is 149 Å². The second kappa shape index (κ2) is 31.4. The molecule has 99 heavy (non-hydrogen) atoms. The van der Waals surface area contributed by atoms with Crippen molar-refractivity contribution in [2.75, 3.05) is 94.9 Å². The molecule has 6 fully saturated rings. The third-order valence-electron chi connectivity index (χ3n) is 17.6. The summed E-state index contributed by atoms with van der Waals surface area (Å²) in [6.07, 6.45) is -17.8. The first-order chi connectivity index (χ1) is 55.1. The van der Waals surface area contributed by atoms with E-state index in [9.17, 15) is 43.2 Å². The lowest BCUT2D eigenvalue weighted by Crippen LogP contribution is -2.52. The summed E-state index contributed by atoms with van der Waals surface area (Å²) in [5.74, 6) is -9.18. The van der Waals surface area contributed by atoms with E-state index in [1.54, 1.807) is 106 Å². The number of amides is 9. The number of hydrogen-bond acceptors (Lipinski definition) is 18. The third kappa shape index (κ3) is 16.4. The zero-order valence-corrected chi connectivity index (χ0v) is 53.7. The SMILES string of the molecule is [2H]C([2H])(c1ccc(CNc2cccc3c2CN(C2C(=O)NC(=O)C([2H])([2H])C2([2H])[2H])C3=O)cc1)N1CCOCC1.[2H]C([2H])(c1ccc(CNc2cccc3c2CN([C@@H]2C(=O)NC(=O)C([2H])([2H])C2([2H])[2H])C3=O)cc1)N1CCOCC1.[2H]C([2H])(c1ccc(CNc2cccc3c2CN([C@H]2C(=O)NC(=O)C([2H])([2H])C2([2H])[2H])C3=O)cc1)N1CCOCC1. The quantitative estimate of drug-likeness (QED) is 0.0565. The maximum atomic E-state index is 13.2. The zero-order chi connectivity index (χ0) is 84.5. The van der Waals surface area contributed by atoms with Gasteiger partial charge >= 0.3 is 0 Å². The van der Waals surface area contributed by atoms with Gasteiger partial charge in [-0.05, 0) is 88.9 Å². The van der Waals surface area contributed by atoms with Crippen molar-refractivity contribution in [3.8, 4) is 0 Å². The van der Waals surface area contributed by atoms with Crippen LogP contribution in [0.3, 0.4) is 0 Å². The molecule has 6 aromatic rings. The van der Waals surface area contributed by atoms with Gasteiger partial charge in [0.15, 0.2) is 0 Å². The van der Waals surface area contributed by atoms with Crippen molar-refractivity contribution in [3.05, 3.63) is 194 Å². The maximum absolute atomic E-state index is 13.2. The fourth-order valence-corrected chi connectivity index (χ4v) is 12.3. The number of ether oxygens (including phenoxy) is 3. The van der Waals surface area contributed by atoms with Crippen LogP contribution in [0.5, 0.6) is 0 Å². The van der Waals surface area contributed by atoms with Crippen molar-refractivity contribution < 1.29 is 82.0 Å². The maximum Gasteiger partial charge on any atom is 0.255 e. The number of carbonyl (C=O) groups is 9. The topological polar surface area (TPSA) is 273 Å². The highest BCUT2D eigenvalue weighted by molar-refractivity contribution is 6.08. The number of benzene rings is 6. The van der Waals surface area contributed by atoms with Gasteiger partial charge in [-0.3, -0.25) is 73.8 Å². The summed E-state index contributed by atoms with van der Waals surface area (Å²) < 4.78 is 164. The van der Waals surface area contributed by atoms with Crippen LogP contribution in [0.4, 0.5) is 17.1 Å². The first-order valence-corrected chi connectivity index (χ1v) is 32.4. The Kier molecular flexibility index (Phi) is 15.5. The molecule has 15 rings (SSSR count). The average molecular weight is 1360 g/mol. The monoisotopic (exact) mass is 1360 g/mol. The van der Waals surface area contributed by atoms with E-state index in [1.165, 1.54) is 0 Å². The minimum Gasteiger partial charge on any atom is -0.381 e. The lowest BCUT2D eigenvalue weighted by atomic mass is 10.0. The van der Waals surface area contributed by atoms with Gasteiger partial charge in [-0.25, -0.2) is 0 Å². The van der Waals surface area contributed by atoms with E-state index in [-0.39, 0.29) is 36.3 Å². The van der Waals surface area contributed by atoms with Gasteiger partial charge in [0.05, 0.1) is 39.6 Å². The molecule has 6 N–H and O–H groups in total. The van der Waals surface area contributed by atoms with Crippen LogP contribution in [0, 0.1) is 0 Å². The minimum absolute atomic E-state index is 0.141. The Morgan fingerprint density at radius 1 is 0.364 bits per heavy atom. The van der Waals surface area contributed by atoms with Crippen LogP contribution in [-0.2, 0) is 102 Å². The Hall–Kier alpha value is -9.69. The molecule has 0 saturated carbocycles. The number of hydrogen-bond donors (Lipinski definition) is 6. The van der Waals surface area contributed by atoms with Crippen molar-refractivity contribution in [2.45, 2.75) is 115 Å². The Bertz CT molecular complexity index is 4420. The smallest absolute Gasteiger partial charge is 0.255 e. The van der Waals surface area contributed by atoms with Crippen LogP contribution in [0.25, 0.3) is 0 Å². The largest absolute Gasteiger partial charge is 0.381 e. The van der Waals surface area contributed by atoms with Gasteiger partial charge in [0, 0.05) is 192 Å². The van der Waals surface area contributed by atoms with Gasteiger partial charge in [0.2, 0.25) is 35.4 Å². The summed E-state index contributed by atoms with van der Waals surface area (Å²) in [7, 11) is 0. The van der Waals surface area contributed by atoms with E-state index in [0.717, 1.165) is 31.4 Å². The molecule has 6 aromatic carbocycles. The van der Waals surface area contributed by atoms with E-state index in [2.05, 4.69) is 16.0 Å². The molecule has 6 saturated heterocycles. The zero-order valence-electron chi connectivity index (χ0n) is 71.7. The molecule has 24 nitrogen and oxygen atoms in total. The summed E-state index contributed by atoms with van der Waals surface area (Å²) in [6.45, 7) is 1.76. The molecule has 0 radical (unpaired) electrons. The molecule has 9 amide bonds. The molecule has 0 aromatic heterocycles. The third-order valence-corrected chi connectivity index (χ3v) is 17.6. The summed E-state index contributed by atoms with van der Waals surface area (Å²) in [6, 6.07) is 30.8. The predicted molar refractivity (Wildman–Crippen MR) is 367 cm³/mol. The van der Waals surface area contributed by atoms with Gasteiger partial charge in [0.25, 0.3) is 17.7 Å². The first kappa shape index (κ1) is 48.9. The highest BCUT2D eigenvalue weighted by Crippen LogP contribution is 2.36. The van der Waals surface area contributed by atoms with Gasteiger partial charge in [-0.2, -0.15) is 0 Å². The Labute approximate surface area is 600 Å². The number of morpholine rings is 3. The van der Waals surface area contributed by atoms with Crippen LogP contribution in [-0.4, -0.2) is 180 Å². The second-order valence-corrected chi connectivity index (χ2v) is 24.1. The standard InChI is InChI=1S/3C25H28N4O4/c3*30-23-9-8-22(24(31)27-23)29-16-20-19(25(29)32)2-1-3-21(20)26-14-17-4-6-18(7-5-17)15-28-10-12-33-13-11-28/h3*1-7,22,26H,8-16H2,(H,27,30,31)/t2*22-;/m10./s1/i3*8D2,9D2,15D2. The van der Waals surface area contributed by atoms with Crippen molar-refractivity contribution in [2.24, 2.45) is 0 Å². The molecule has 3 atom stereocenters. The summed E-state index contributed by atoms with van der Waals surface area (Å²) in [4.78, 5) is 121. The summed E-state index contributed by atoms with van der Waals surface area (Å²) >= 11 is 0. The molecule has 0 bridgehead atoms. The number of fused-ring (bicyclic) bond motifs is 3. The number of carbonyl (C=O) groups excluding carboxylic acids is 9. The number of piperidine rings is 3. The van der Waals surface area contributed by atoms with Gasteiger partial charge in [-0.1, -0.05) is 91.0 Å². The van der Waals surface area contributed by atoms with E-state index < -0.39 is 129 Å². The Morgan fingerprint density at radius 3 is 0.879 bits per heavy atom. The lowest BCUT2D eigenvalue weighted by Gasteiger charge is -2.29. The highest BCUT2D eigenvalue weighted by Gasteiger charge is 2.43. The fraction of sp³-hybridized carbons (Fsp3) is 0.400. The Morgan fingerprint density at radius 2 is 0.616 bits per heavy atom. The normalized spacial score (nSPS) is 27.3. The van der Waals surface area contributed by atoms with Crippen LogP contribution in [0.1, 0.15) is 144 Å². The highest BCUT2D eigenvalue weighted by atomic mass is 16.5. The molecule has 9 aliphatic rings. The number of nitrogens with zero attached hydrogens (tertiary/aromatic N) is 6. The van der Waals surface area contributed by atoms with Crippen LogP contribution in [0.15, 0.2) is 127 Å². The number of anilines is 3. The minimum atomic E-state index is -3.01. The summed E-state index contributed by atoms with van der Waals surface area (Å²) in [5, 5.41) is 15.4. The molecule has 9 heterocycles. The fourth-order valence-electron chi connectivity index (χ4n) is 12.3. The lowest BCUT2D eigenvalue weighted by molar-refractivity contribution is -0.138. The van der Waals surface area contributed by atoms with Crippen molar-refractivity contribution in [1.82, 2.24) is 45.3 Å². The number of imide groups is 3. The molecule has 24 heteroatoms. The van der Waals surface area contributed by atoms with Crippen molar-refractivity contribution in [1.29, 1.82) is 0 Å². The second-order valence-electron chi connectivity index (χ2n) is 24.1. The first-order valence-electron chi connectivity index (χ1n) is 41.4. The van der Waals surface area contributed by atoms with Gasteiger partial charge in [-0.15, -0.1) is 0 Å². The average Bonchev–Trinajstić information content (AvgIpc) is 1.63. The van der Waals surface area contributed by atoms with Crippen LogP contribution >= 0.6 is 0 Å². The number of rotatable bonds is 18. The van der Waals surface area contributed by atoms with Gasteiger partial charge < -0.3 is 44.9 Å². The molecule has 9 aliphatic heterocycles. The molecule has 516 valence electrons. The van der Waals surface area contributed by atoms with E-state index >= 15 is 0 Å². The van der Waals surface area contributed by atoms with Crippen molar-refractivity contribution >= 4 is 70.2 Å². The van der Waals surface area contributed by atoms with E-state index in [1.807, 2.05) is 52.3 Å².